The third kappa shape index (κ3) is 4.58. The van der Waals surface area contributed by atoms with Gasteiger partial charge in [0, 0.05) is 31.6 Å². The van der Waals surface area contributed by atoms with Crippen LogP contribution in [0.15, 0.2) is 24.3 Å². The van der Waals surface area contributed by atoms with Gasteiger partial charge in [-0.3, -0.25) is 9.59 Å². The van der Waals surface area contributed by atoms with Crippen LogP contribution in [0.2, 0.25) is 0 Å². The van der Waals surface area contributed by atoms with E-state index in [1.54, 1.807) is 6.92 Å². The van der Waals surface area contributed by atoms with E-state index in [2.05, 4.69) is 31.3 Å². The maximum atomic E-state index is 12.3. The number of carbonyl (C=O) groups excluding carboxylic acids is 2. The molecule has 120 valence electrons. The third-order valence-electron chi connectivity index (χ3n) is 4.18. The zero-order valence-electron chi connectivity index (χ0n) is 13.8. The molecule has 1 aliphatic rings. The van der Waals surface area contributed by atoms with E-state index in [0.717, 1.165) is 24.9 Å². The van der Waals surface area contributed by atoms with Gasteiger partial charge in [-0.2, -0.15) is 0 Å². The van der Waals surface area contributed by atoms with Crippen molar-refractivity contribution < 1.29 is 9.59 Å². The van der Waals surface area contributed by atoms with Crippen LogP contribution in [0.4, 0.5) is 5.69 Å². The third-order valence-corrected chi connectivity index (χ3v) is 4.18. The standard InChI is InChI=1S/C18H26N2O2/c1-13(2)12-15-4-6-17(7-5-15)19-18(22)16-8-10-20(11-9-16)14(3)21/h4-7,13,16H,8-12H2,1-3H3,(H,19,22). The summed E-state index contributed by atoms with van der Waals surface area (Å²) in [6.07, 6.45) is 2.55. The highest BCUT2D eigenvalue weighted by Gasteiger charge is 2.25. The fourth-order valence-corrected chi connectivity index (χ4v) is 2.90. The first-order valence-corrected chi connectivity index (χ1v) is 8.11. The lowest BCUT2D eigenvalue weighted by molar-refractivity contribution is -0.132. The zero-order chi connectivity index (χ0) is 16.1. The summed E-state index contributed by atoms with van der Waals surface area (Å²) in [6, 6.07) is 8.10. The lowest BCUT2D eigenvalue weighted by atomic mass is 9.95. The molecule has 0 atom stereocenters. The quantitative estimate of drug-likeness (QED) is 0.929. The van der Waals surface area contributed by atoms with Gasteiger partial charge in [-0.15, -0.1) is 0 Å². The summed E-state index contributed by atoms with van der Waals surface area (Å²) in [5.74, 6) is 0.803. The normalized spacial score (nSPS) is 15.9. The van der Waals surface area contributed by atoms with Gasteiger partial charge >= 0.3 is 0 Å². The summed E-state index contributed by atoms with van der Waals surface area (Å²) >= 11 is 0. The molecular weight excluding hydrogens is 276 g/mol. The lowest BCUT2D eigenvalue weighted by Crippen LogP contribution is -2.40. The number of amides is 2. The van der Waals surface area contributed by atoms with Crippen molar-refractivity contribution in [3.05, 3.63) is 29.8 Å². The van der Waals surface area contributed by atoms with E-state index >= 15 is 0 Å². The summed E-state index contributed by atoms with van der Waals surface area (Å²) in [4.78, 5) is 25.4. The second-order valence-electron chi connectivity index (χ2n) is 6.56. The number of likely N-dealkylation sites (tertiary alicyclic amines) is 1. The molecule has 4 nitrogen and oxygen atoms in total. The summed E-state index contributed by atoms with van der Waals surface area (Å²) in [7, 11) is 0. The molecule has 0 radical (unpaired) electrons. The van der Waals surface area contributed by atoms with E-state index in [1.165, 1.54) is 5.56 Å². The highest BCUT2D eigenvalue weighted by atomic mass is 16.2. The number of piperidine rings is 1. The summed E-state index contributed by atoms with van der Waals surface area (Å²) in [5.41, 5.74) is 2.15. The van der Waals surface area contributed by atoms with Crippen molar-refractivity contribution in [1.29, 1.82) is 0 Å². The average molecular weight is 302 g/mol. The van der Waals surface area contributed by atoms with Gasteiger partial charge < -0.3 is 10.2 Å². The molecule has 1 heterocycles. The second-order valence-corrected chi connectivity index (χ2v) is 6.56. The number of anilines is 1. The monoisotopic (exact) mass is 302 g/mol. The fourth-order valence-electron chi connectivity index (χ4n) is 2.90. The molecule has 1 saturated heterocycles. The summed E-state index contributed by atoms with van der Waals surface area (Å²) in [5, 5.41) is 2.99. The molecule has 22 heavy (non-hydrogen) atoms. The molecule has 2 rings (SSSR count). The Morgan fingerprint density at radius 1 is 1.18 bits per heavy atom. The van der Waals surface area contributed by atoms with E-state index in [1.807, 2.05) is 17.0 Å². The lowest BCUT2D eigenvalue weighted by Gasteiger charge is -2.30. The van der Waals surface area contributed by atoms with Gasteiger partial charge in [0.1, 0.15) is 0 Å². The SMILES string of the molecule is CC(=O)N1CCC(C(=O)Nc2ccc(CC(C)C)cc2)CC1. The Labute approximate surface area is 132 Å². The van der Waals surface area contributed by atoms with E-state index in [-0.39, 0.29) is 17.7 Å². The van der Waals surface area contributed by atoms with Crippen LogP contribution < -0.4 is 5.32 Å². The maximum Gasteiger partial charge on any atom is 0.227 e. The van der Waals surface area contributed by atoms with Crippen molar-refractivity contribution in [2.45, 2.75) is 40.0 Å². The molecule has 0 spiro atoms. The van der Waals surface area contributed by atoms with Crippen molar-refractivity contribution in [3.8, 4) is 0 Å². The smallest absolute Gasteiger partial charge is 0.227 e. The average Bonchev–Trinajstić information content (AvgIpc) is 2.49. The molecule has 4 heteroatoms. The molecule has 1 aromatic rings. The molecule has 0 aromatic heterocycles. The molecule has 1 N–H and O–H groups in total. The number of rotatable bonds is 4. The van der Waals surface area contributed by atoms with Crippen LogP contribution in [-0.2, 0) is 16.0 Å². The molecule has 0 aliphatic carbocycles. The Morgan fingerprint density at radius 2 is 1.77 bits per heavy atom. The zero-order valence-corrected chi connectivity index (χ0v) is 13.8. The topological polar surface area (TPSA) is 49.4 Å². The van der Waals surface area contributed by atoms with Gasteiger partial charge in [-0.25, -0.2) is 0 Å². The summed E-state index contributed by atoms with van der Waals surface area (Å²) in [6.45, 7) is 7.34. The molecule has 0 unspecified atom stereocenters. The number of carbonyl (C=O) groups is 2. The Hall–Kier alpha value is -1.84. The van der Waals surface area contributed by atoms with Crippen molar-refractivity contribution in [2.75, 3.05) is 18.4 Å². The predicted octanol–water partition coefficient (Wildman–Crippen LogP) is 3.08. The van der Waals surface area contributed by atoms with Crippen LogP contribution in [-0.4, -0.2) is 29.8 Å². The summed E-state index contributed by atoms with van der Waals surface area (Å²) < 4.78 is 0. The predicted molar refractivity (Wildman–Crippen MR) is 88.6 cm³/mol. The van der Waals surface area contributed by atoms with E-state index in [0.29, 0.717) is 19.0 Å². The van der Waals surface area contributed by atoms with Crippen LogP contribution in [0.1, 0.15) is 39.2 Å². The number of hydrogen-bond donors (Lipinski definition) is 1. The van der Waals surface area contributed by atoms with Crippen molar-refractivity contribution in [3.63, 3.8) is 0 Å². The highest BCUT2D eigenvalue weighted by molar-refractivity contribution is 5.92. The van der Waals surface area contributed by atoms with E-state index in [9.17, 15) is 9.59 Å². The Kier molecular flexibility index (Phi) is 5.58. The van der Waals surface area contributed by atoms with Crippen LogP contribution in [0.25, 0.3) is 0 Å². The molecule has 0 bridgehead atoms. The van der Waals surface area contributed by atoms with Crippen LogP contribution in [0.3, 0.4) is 0 Å². The van der Waals surface area contributed by atoms with E-state index < -0.39 is 0 Å². The Balaban J connectivity index is 1.86. The first kappa shape index (κ1) is 16.5. The van der Waals surface area contributed by atoms with Gasteiger partial charge in [0.05, 0.1) is 0 Å². The highest BCUT2D eigenvalue weighted by Crippen LogP contribution is 2.20. The second kappa shape index (κ2) is 7.43. The van der Waals surface area contributed by atoms with E-state index in [4.69, 9.17) is 0 Å². The van der Waals surface area contributed by atoms with Crippen molar-refractivity contribution >= 4 is 17.5 Å². The molecule has 1 aliphatic heterocycles. The number of nitrogens with zero attached hydrogens (tertiary/aromatic N) is 1. The molecular formula is C18H26N2O2. The minimum absolute atomic E-state index is 0.00550. The first-order chi connectivity index (χ1) is 10.5. The Bertz CT molecular complexity index is 514. The fraction of sp³-hybridized carbons (Fsp3) is 0.556. The maximum absolute atomic E-state index is 12.3. The number of benzene rings is 1. The van der Waals surface area contributed by atoms with Crippen LogP contribution >= 0.6 is 0 Å². The Morgan fingerprint density at radius 3 is 2.27 bits per heavy atom. The van der Waals surface area contributed by atoms with Crippen LogP contribution in [0.5, 0.6) is 0 Å². The van der Waals surface area contributed by atoms with Gasteiger partial charge in [0.25, 0.3) is 0 Å². The van der Waals surface area contributed by atoms with Gasteiger partial charge in [0.2, 0.25) is 11.8 Å². The number of nitrogens with one attached hydrogen (secondary N) is 1. The minimum Gasteiger partial charge on any atom is -0.343 e. The van der Waals surface area contributed by atoms with Crippen LogP contribution in [0, 0.1) is 11.8 Å². The van der Waals surface area contributed by atoms with Gasteiger partial charge in [-0.1, -0.05) is 26.0 Å². The number of hydrogen-bond acceptors (Lipinski definition) is 2. The van der Waals surface area contributed by atoms with Crippen molar-refractivity contribution in [1.82, 2.24) is 4.90 Å². The first-order valence-electron chi connectivity index (χ1n) is 8.11. The molecule has 2 amide bonds. The van der Waals surface area contributed by atoms with Crippen molar-refractivity contribution in [2.24, 2.45) is 11.8 Å². The minimum atomic E-state index is 0.00550. The van der Waals surface area contributed by atoms with Gasteiger partial charge in [-0.05, 0) is 42.9 Å². The van der Waals surface area contributed by atoms with Gasteiger partial charge in [0.15, 0.2) is 0 Å². The molecule has 1 fully saturated rings. The molecule has 1 aromatic carbocycles. The molecule has 0 saturated carbocycles. The largest absolute Gasteiger partial charge is 0.343 e.